The number of rotatable bonds is 6. The molecule has 0 aliphatic carbocycles. The summed E-state index contributed by atoms with van der Waals surface area (Å²) in [6.45, 7) is 8.92. The topological polar surface area (TPSA) is 46.1 Å². The molecule has 4 nitrogen and oxygen atoms in total. The van der Waals surface area contributed by atoms with Gasteiger partial charge in [-0.2, -0.15) is 0 Å². The van der Waals surface area contributed by atoms with Crippen LogP contribution in [0.3, 0.4) is 0 Å². The average Bonchev–Trinajstić information content (AvgIpc) is 2.96. The maximum absolute atomic E-state index is 12.8. The second-order valence-electron chi connectivity index (χ2n) is 5.46. The van der Waals surface area contributed by atoms with Gasteiger partial charge in [-0.15, -0.1) is 11.3 Å². The fraction of sp³-hybridized carbons (Fsp3) is 0.471. The monoisotopic (exact) mass is 317 g/mol. The predicted octanol–water partition coefficient (Wildman–Crippen LogP) is 3.85. The van der Waals surface area contributed by atoms with Crippen molar-refractivity contribution in [2.24, 2.45) is 0 Å². The molecule has 0 saturated heterocycles. The summed E-state index contributed by atoms with van der Waals surface area (Å²) in [5.41, 5.74) is 1.80. The lowest BCUT2D eigenvalue weighted by atomic mass is 10.1. The molecule has 2 heterocycles. The van der Waals surface area contributed by atoms with Crippen LogP contribution in [0, 0.1) is 6.92 Å². The Kier molecular flexibility index (Phi) is 5.66. The maximum atomic E-state index is 12.8. The SMILES string of the molecule is CCc1ncc(C(=O)N(Cc2sccc2C)[C@@H](C)CC)cn1. The number of aromatic nitrogens is 2. The molecule has 0 radical (unpaired) electrons. The van der Waals surface area contributed by atoms with Gasteiger partial charge in [-0.25, -0.2) is 9.97 Å². The highest BCUT2D eigenvalue weighted by atomic mass is 32.1. The molecule has 0 N–H and O–H groups in total. The summed E-state index contributed by atoms with van der Waals surface area (Å²) < 4.78 is 0. The minimum Gasteiger partial charge on any atom is -0.331 e. The van der Waals surface area contributed by atoms with E-state index in [1.807, 2.05) is 11.8 Å². The molecule has 1 atom stereocenters. The predicted molar refractivity (Wildman–Crippen MR) is 90.1 cm³/mol. The minimum atomic E-state index is 0.00445. The van der Waals surface area contributed by atoms with Crippen LogP contribution in [0.15, 0.2) is 23.8 Å². The summed E-state index contributed by atoms with van der Waals surface area (Å²) in [5, 5.41) is 2.07. The van der Waals surface area contributed by atoms with E-state index < -0.39 is 0 Å². The first-order valence-electron chi connectivity index (χ1n) is 7.71. The van der Waals surface area contributed by atoms with Gasteiger partial charge in [-0.05, 0) is 37.3 Å². The molecule has 22 heavy (non-hydrogen) atoms. The van der Waals surface area contributed by atoms with E-state index in [2.05, 4.69) is 42.2 Å². The van der Waals surface area contributed by atoms with Gasteiger partial charge in [-0.3, -0.25) is 4.79 Å². The Morgan fingerprint density at radius 2 is 2.00 bits per heavy atom. The van der Waals surface area contributed by atoms with E-state index in [-0.39, 0.29) is 11.9 Å². The lowest BCUT2D eigenvalue weighted by Gasteiger charge is -2.28. The maximum Gasteiger partial charge on any atom is 0.257 e. The van der Waals surface area contributed by atoms with Gasteiger partial charge in [0.25, 0.3) is 5.91 Å². The average molecular weight is 317 g/mol. The highest BCUT2D eigenvalue weighted by Crippen LogP contribution is 2.21. The number of carbonyl (C=O) groups is 1. The number of amides is 1. The summed E-state index contributed by atoms with van der Waals surface area (Å²) in [6.07, 6.45) is 4.98. The van der Waals surface area contributed by atoms with Crippen molar-refractivity contribution in [3.8, 4) is 0 Å². The van der Waals surface area contributed by atoms with Gasteiger partial charge in [0.15, 0.2) is 0 Å². The molecule has 0 aliphatic heterocycles. The van der Waals surface area contributed by atoms with E-state index in [0.717, 1.165) is 18.7 Å². The van der Waals surface area contributed by atoms with Crippen molar-refractivity contribution in [2.75, 3.05) is 0 Å². The molecule has 2 rings (SSSR count). The fourth-order valence-corrected chi connectivity index (χ4v) is 3.09. The quantitative estimate of drug-likeness (QED) is 0.813. The van der Waals surface area contributed by atoms with Crippen LogP contribution in [0.1, 0.15) is 53.8 Å². The molecular formula is C17H23N3OS. The Bertz CT molecular complexity index is 621. The number of aryl methyl sites for hydroxylation is 2. The van der Waals surface area contributed by atoms with Gasteiger partial charge in [0.2, 0.25) is 0 Å². The summed E-state index contributed by atoms with van der Waals surface area (Å²) in [6, 6.07) is 2.28. The van der Waals surface area contributed by atoms with E-state index in [1.54, 1.807) is 23.7 Å². The zero-order chi connectivity index (χ0) is 16.1. The zero-order valence-electron chi connectivity index (χ0n) is 13.7. The van der Waals surface area contributed by atoms with Crippen molar-refractivity contribution in [3.63, 3.8) is 0 Å². The van der Waals surface area contributed by atoms with Crippen LogP contribution < -0.4 is 0 Å². The number of thiophene rings is 1. The van der Waals surface area contributed by atoms with Crippen LogP contribution in [-0.4, -0.2) is 26.8 Å². The van der Waals surface area contributed by atoms with E-state index in [1.165, 1.54) is 10.4 Å². The molecule has 0 spiro atoms. The first-order valence-corrected chi connectivity index (χ1v) is 8.59. The number of hydrogen-bond acceptors (Lipinski definition) is 4. The van der Waals surface area contributed by atoms with Crippen LogP contribution in [0.4, 0.5) is 0 Å². The third-order valence-corrected chi connectivity index (χ3v) is 4.94. The Labute approximate surface area is 136 Å². The second kappa shape index (κ2) is 7.49. The highest BCUT2D eigenvalue weighted by molar-refractivity contribution is 7.10. The van der Waals surface area contributed by atoms with Crippen LogP contribution in [0.2, 0.25) is 0 Å². The molecular weight excluding hydrogens is 294 g/mol. The molecule has 0 saturated carbocycles. The van der Waals surface area contributed by atoms with Crippen molar-refractivity contribution < 1.29 is 4.79 Å². The van der Waals surface area contributed by atoms with Gasteiger partial charge in [0.1, 0.15) is 5.82 Å². The molecule has 0 fully saturated rings. The summed E-state index contributed by atoms with van der Waals surface area (Å²) in [5.74, 6) is 0.769. The smallest absolute Gasteiger partial charge is 0.257 e. The lowest BCUT2D eigenvalue weighted by molar-refractivity contribution is 0.0672. The lowest BCUT2D eigenvalue weighted by Crippen LogP contribution is -2.37. The Morgan fingerprint density at radius 3 is 2.50 bits per heavy atom. The van der Waals surface area contributed by atoms with Gasteiger partial charge < -0.3 is 4.90 Å². The van der Waals surface area contributed by atoms with Crippen molar-refractivity contribution >= 4 is 17.2 Å². The molecule has 0 aliphatic rings. The molecule has 0 bridgehead atoms. The summed E-state index contributed by atoms with van der Waals surface area (Å²) in [7, 11) is 0. The van der Waals surface area contributed by atoms with Crippen molar-refractivity contribution in [3.05, 3.63) is 45.7 Å². The summed E-state index contributed by atoms with van der Waals surface area (Å²) in [4.78, 5) is 24.5. The molecule has 2 aromatic heterocycles. The number of nitrogens with zero attached hydrogens (tertiary/aromatic N) is 3. The van der Waals surface area contributed by atoms with Gasteiger partial charge in [0, 0.05) is 29.7 Å². The van der Waals surface area contributed by atoms with Crippen LogP contribution >= 0.6 is 11.3 Å². The molecule has 5 heteroatoms. The molecule has 0 unspecified atom stereocenters. The van der Waals surface area contributed by atoms with E-state index in [4.69, 9.17) is 0 Å². The van der Waals surface area contributed by atoms with Gasteiger partial charge >= 0.3 is 0 Å². The molecule has 2 aromatic rings. The third kappa shape index (κ3) is 3.71. The van der Waals surface area contributed by atoms with Crippen molar-refractivity contribution in [1.29, 1.82) is 0 Å². The van der Waals surface area contributed by atoms with Crippen molar-refractivity contribution in [1.82, 2.24) is 14.9 Å². The van der Waals surface area contributed by atoms with Crippen LogP contribution in [-0.2, 0) is 13.0 Å². The van der Waals surface area contributed by atoms with E-state index in [0.29, 0.717) is 12.1 Å². The first kappa shape index (κ1) is 16.6. The summed E-state index contributed by atoms with van der Waals surface area (Å²) >= 11 is 1.70. The first-order chi connectivity index (χ1) is 10.6. The normalized spacial score (nSPS) is 12.2. The fourth-order valence-electron chi connectivity index (χ4n) is 2.18. The number of carbonyl (C=O) groups excluding carboxylic acids is 1. The van der Waals surface area contributed by atoms with Crippen LogP contribution in [0.5, 0.6) is 0 Å². The Morgan fingerprint density at radius 1 is 1.32 bits per heavy atom. The minimum absolute atomic E-state index is 0.00445. The van der Waals surface area contributed by atoms with E-state index >= 15 is 0 Å². The standard InChI is InChI=1S/C17H23N3OS/c1-5-13(4)20(11-15-12(3)7-8-22-15)17(21)14-9-18-16(6-2)19-10-14/h7-10,13H,5-6,11H2,1-4H3/t13-/m0/s1. The van der Waals surface area contributed by atoms with Gasteiger partial charge in [0.05, 0.1) is 12.1 Å². The molecule has 118 valence electrons. The second-order valence-corrected chi connectivity index (χ2v) is 6.46. The Hall–Kier alpha value is -1.75. The molecule has 0 aromatic carbocycles. The molecule has 1 amide bonds. The van der Waals surface area contributed by atoms with Gasteiger partial charge in [-0.1, -0.05) is 13.8 Å². The van der Waals surface area contributed by atoms with Crippen molar-refractivity contribution in [2.45, 2.75) is 53.1 Å². The van der Waals surface area contributed by atoms with Crippen LogP contribution in [0.25, 0.3) is 0 Å². The third-order valence-electron chi connectivity index (χ3n) is 3.93. The highest BCUT2D eigenvalue weighted by Gasteiger charge is 2.22. The number of hydrogen-bond donors (Lipinski definition) is 0. The zero-order valence-corrected chi connectivity index (χ0v) is 14.5. The Balaban J connectivity index is 2.23. The largest absolute Gasteiger partial charge is 0.331 e. The van der Waals surface area contributed by atoms with E-state index in [9.17, 15) is 4.79 Å².